The molecule has 3 heterocycles. The number of carbonyl (C=O) groups excluding carboxylic acids is 3. The SMILES string of the molecule is O=C(COC(=O)C1C2CC3C(=O)OC1C3S2)OC(C(F)(F)F)C(F)(F)S(=O)(=O)O. The molecular weight excluding hydrogens is 459 g/mol. The number of hydrogen-bond acceptors (Lipinski definition) is 9. The summed E-state index contributed by atoms with van der Waals surface area (Å²) in [6.45, 7) is -1.53. The number of ether oxygens (including phenoxy) is 3. The van der Waals surface area contributed by atoms with Gasteiger partial charge in [-0.1, -0.05) is 0 Å². The van der Waals surface area contributed by atoms with Crippen LogP contribution in [0, 0.1) is 11.8 Å². The zero-order chi connectivity index (χ0) is 21.9. The highest BCUT2D eigenvalue weighted by Crippen LogP contribution is 2.57. The van der Waals surface area contributed by atoms with Crippen LogP contribution in [0.5, 0.6) is 0 Å². The molecular formula is C13H11F5O9S2. The number of fused-ring (bicyclic) bond motifs is 1. The number of esters is 3. The summed E-state index contributed by atoms with van der Waals surface area (Å²) in [4.78, 5) is 35.2. The molecule has 16 heteroatoms. The van der Waals surface area contributed by atoms with E-state index in [0.29, 0.717) is 6.42 Å². The maximum absolute atomic E-state index is 13.3. The van der Waals surface area contributed by atoms with E-state index in [0.717, 1.165) is 0 Å². The fourth-order valence-corrected chi connectivity index (χ4v) is 5.82. The highest BCUT2D eigenvalue weighted by molar-refractivity contribution is 8.01. The number of thioether (sulfide) groups is 1. The van der Waals surface area contributed by atoms with Crippen LogP contribution in [0.15, 0.2) is 0 Å². The van der Waals surface area contributed by atoms with Crippen LogP contribution < -0.4 is 0 Å². The van der Waals surface area contributed by atoms with Crippen LogP contribution in [0.4, 0.5) is 22.0 Å². The van der Waals surface area contributed by atoms with Gasteiger partial charge in [0.25, 0.3) is 6.10 Å². The number of rotatable bonds is 6. The average molecular weight is 470 g/mol. The summed E-state index contributed by atoms with van der Waals surface area (Å²) < 4.78 is 107. The van der Waals surface area contributed by atoms with Crippen LogP contribution in [0.2, 0.25) is 0 Å². The molecule has 2 bridgehead atoms. The van der Waals surface area contributed by atoms with Crippen molar-refractivity contribution in [3.05, 3.63) is 0 Å². The maximum Gasteiger partial charge on any atom is 0.432 e. The van der Waals surface area contributed by atoms with Crippen molar-refractivity contribution in [2.45, 2.75) is 40.6 Å². The lowest BCUT2D eigenvalue weighted by atomic mass is 9.82. The zero-order valence-corrected chi connectivity index (χ0v) is 15.4. The van der Waals surface area contributed by atoms with Crippen molar-refractivity contribution in [3.8, 4) is 0 Å². The van der Waals surface area contributed by atoms with E-state index in [1.165, 1.54) is 11.8 Å². The molecule has 3 rings (SSSR count). The first-order valence-electron chi connectivity index (χ1n) is 7.78. The second-order valence-corrected chi connectivity index (χ2v) is 9.38. The Kier molecular flexibility index (Phi) is 5.27. The van der Waals surface area contributed by atoms with Crippen LogP contribution in [-0.2, 0) is 38.7 Å². The lowest BCUT2D eigenvalue weighted by molar-refractivity contribution is -0.260. The molecule has 164 valence electrons. The molecule has 0 radical (unpaired) electrons. The molecule has 3 aliphatic heterocycles. The van der Waals surface area contributed by atoms with E-state index in [-0.39, 0.29) is 16.4 Å². The molecule has 3 aliphatic rings. The average Bonchev–Trinajstić information content (AvgIpc) is 3.18. The summed E-state index contributed by atoms with van der Waals surface area (Å²) in [5, 5.41) is -6.56. The van der Waals surface area contributed by atoms with Crippen LogP contribution >= 0.6 is 11.8 Å². The number of alkyl halides is 5. The second kappa shape index (κ2) is 6.94. The molecule has 0 amide bonds. The Hall–Kier alpha value is -1.68. The number of hydrogen-bond donors (Lipinski definition) is 1. The first kappa shape index (κ1) is 22.0. The summed E-state index contributed by atoms with van der Waals surface area (Å²) in [5.74, 6) is -5.09. The van der Waals surface area contributed by atoms with Gasteiger partial charge in [-0.25, -0.2) is 4.79 Å². The fraction of sp³-hybridized carbons (Fsp3) is 0.769. The third-order valence-corrected chi connectivity index (χ3v) is 7.30. The van der Waals surface area contributed by atoms with Crippen molar-refractivity contribution in [3.63, 3.8) is 0 Å². The standard InChI is InChI=1S/C13H11F5O9S2/c14-12(15,16)11(13(17,18)29(22,23)24)26-5(19)2-25-10(21)6-4-1-3-8(28-4)7(6)27-9(3)20/h3-4,6-8,11H,1-2H2,(H,22,23,24). The van der Waals surface area contributed by atoms with Crippen LogP contribution in [0.3, 0.4) is 0 Å². The minimum Gasteiger partial charge on any atom is -0.460 e. The molecule has 0 aromatic carbocycles. The quantitative estimate of drug-likeness (QED) is 0.254. The predicted molar refractivity (Wildman–Crippen MR) is 80.0 cm³/mol. The Labute approximate surface area is 163 Å². The van der Waals surface area contributed by atoms with Gasteiger partial charge in [0.05, 0.1) is 11.2 Å². The third kappa shape index (κ3) is 3.76. The summed E-state index contributed by atoms with van der Waals surface area (Å²) in [7, 11) is -6.58. The highest BCUT2D eigenvalue weighted by atomic mass is 32.2. The van der Waals surface area contributed by atoms with E-state index in [2.05, 4.69) is 9.47 Å². The Balaban J connectivity index is 1.62. The Morgan fingerprint density at radius 2 is 1.90 bits per heavy atom. The molecule has 1 N–H and O–H groups in total. The smallest absolute Gasteiger partial charge is 0.432 e. The van der Waals surface area contributed by atoms with Crippen molar-refractivity contribution in [1.29, 1.82) is 0 Å². The molecule has 0 spiro atoms. The van der Waals surface area contributed by atoms with Gasteiger partial charge in [0, 0.05) is 5.25 Å². The highest BCUT2D eigenvalue weighted by Gasteiger charge is 2.67. The van der Waals surface area contributed by atoms with Gasteiger partial charge in [0.1, 0.15) is 12.0 Å². The Bertz CT molecular complexity index is 842. The van der Waals surface area contributed by atoms with Gasteiger partial charge in [0.2, 0.25) is 0 Å². The Morgan fingerprint density at radius 1 is 1.28 bits per heavy atom. The van der Waals surface area contributed by atoms with Gasteiger partial charge in [-0.3, -0.25) is 14.1 Å². The molecule has 0 aliphatic carbocycles. The van der Waals surface area contributed by atoms with Gasteiger partial charge in [-0.15, -0.1) is 11.8 Å². The van der Waals surface area contributed by atoms with Gasteiger partial charge in [-0.05, 0) is 6.42 Å². The van der Waals surface area contributed by atoms with Gasteiger partial charge >= 0.3 is 39.5 Å². The van der Waals surface area contributed by atoms with Gasteiger partial charge in [-0.2, -0.15) is 30.4 Å². The molecule has 0 aromatic heterocycles. The first-order valence-corrected chi connectivity index (χ1v) is 10.2. The third-order valence-electron chi connectivity index (χ3n) is 4.65. The summed E-state index contributed by atoms with van der Waals surface area (Å²) in [5.41, 5.74) is 0. The lowest BCUT2D eigenvalue weighted by Gasteiger charge is -2.26. The minimum atomic E-state index is -6.58. The molecule has 0 saturated carbocycles. The lowest BCUT2D eigenvalue weighted by Crippen LogP contribution is -2.52. The topological polar surface area (TPSA) is 133 Å². The van der Waals surface area contributed by atoms with Crippen molar-refractivity contribution in [1.82, 2.24) is 0 Å². The van der Waals surface area contributed by atoms with E-state index >= 15 is 0 Å². The monoisotopic (exact) mass is 470 g/mol. The number of carbonyl (C=O) groups is 3. The van der Waals surface area contributed by atoms with Crippen LogP contribution in [0.25, 0.3) is 0 Å². The van der Waals surface area contributed by atoms with E-state index in [4.69, 9.17) is 9.29 Å². The van der Waals surface area contributed by atoms with Crippen molar-refractivity contribution in [2.75, 3.05) is 6.61 Å². The fourth-order valence-electron chi connectivity index (χ4n) is 3.42. The normalized spacial score (nSPS) is 32.1. The van der Waals surface area contributed by atoms with E-state index in [9.17, 15) is 44.8 Å². The predicted octanol–water partition coefficient (Wildman–Crippen LogP) is 0.530. The van der Waals surface area contributed by atoms with Gasteiger partial charge in [0.15, 0.2) is 6.61 Å². The molecule has 6 unspecified atom stereocenters. The zero-order valence-electron chi connectivity index (χ0n) is 13.8. The molecule has 9 nitrogen and oxygen atoms in total. The Morgan fingerprint density at radius 3 is 2.45 bits per heavy atom. The van der Waals surface area contributed by atoms with Gasteiger partial charge < -0.3 is 14.2 Å². The summed E-state index contributed by atoms with van der Waals surface area (Å²) >= 11 is 1.30. The molecule has 3 fully saturated rings. The largest absolute Gasteiger partial charge is 0.460 e. The van der Waals surface area contributed by atoms with Crippen molar-refractivity contribution >= 4 is 39.8 Å². The summed E-state index contributed by atoms with van der Waals surface area (Å²) in [6.07, 6.45) is -11.1. The second-order valence-electron chi connectivity index (χ2n) is 6.46. The maximum atomic E-state index is 13.3. The first-order chi connectivity index (χ1) is 13.1. The summed E-state index contributed by atoms with van der Waals surface area (Å²) in [6, 6.07) is 0. The van der Waals surface area contributed by atoms with Crippen molar-refractivity contribution < 1.29 is 63.5 Å². The molecule has 0 aromatic rings. The van der Waals surface area contributed by atoms with Crippen molar-refractivity contribution in [2.24, 2.45) is 11.8 Å². The molecule has 3 saturated heterocycles. The minimum absolute atomic E-state index is 0.292. The van der Waals surface area contributed by atoms with E-state index < -0.39 is 64.2 Å². The van der Waals surface area contributed by atoms with Crippen LogP contribution in [-0.4, -0.2) is 71.6 Å². The van der Waals surface area contributed by atoms with E-state index in [1.54, 1.807) is 0 Å². The molecule has 6 atom stereocenters. The molecule has 29 heavy (non-hydrogen) atoms. The van der Waals surface area contributed by atoms with E-state index in [1.807, 2.05) is 0 Å². The van der Waals surface area contributed by atoms with Crippen LogP contribution in [0.1, 0.15) is 6.42 Å². The number of halogens is 5.